The van der Waals surface area contributed by atoms with Crippen molar-refractivity contribution < 1.29 is 4.74 Å². The van der Waals surface area contributed by atoms with Crippen molar-refractivity contribution in [3.63, 3.8) is 0 Å². The number of thiazole rings is 1. The first kappa shape index (κ1) is 15.4. The molecule has 0 aromatic carbocycles. The van der Waals surface area contributed by atoms with Crippen molar-refractivity contribution in [3.8, 4) is 6.01 Å². The predicted octanol–water partition coefficient (Wildman–Crippen LogP) is 2.10. The van der Waals surface area contributed by atoms with Crippen LogP contribution in [0.15, 0.2) is 5.51 Å². The second kappa shape index (κ2) is 7.16. The Morgan fingerprint density at radius 1 is 1.29 bits per heavy atom. The zero-order valence-electron chi connectivity index (χ0n) is 12.8. The number of hydrogen-bond acceptors (Lipinski definition) is 8. The number of rotatable bonds is 7. The molecule has 0 bridgehead atoms. The molecule has 0 unspecified atom stereocenters. The number of hydrogen-bond donors (Lipinski definition) is 1. The van der Waals surface area contributed by atoms with Crippen LogP contribution >= 0.6 is 11.3 Å². The van der Waals surface area contributed by atoms with E-state index in [4.69, 9.17) is 4.74 Å². The van der Waals surface area contributed by atoms with Gasteiger partial charge in [0.1, 0.15) is 0 Å². The monoisotopic (exact) mass is 308 g/mol. The Kier molecular flexibility index (Phi) is 5.26. The van der Waals surface area contributed by atoms with Gasteiger partial charge in [-0.05, 0) is 20.8 Å². The van der Waals surface area contributed by atoms with Gasteiger partial charge in [-0.15, -0.1) is 11.3 Å². The third-order valence-corrected chi connectivity index (χ3v) is 3.70. The highest BCUT2D eigenvalue weighted by atomic mass is 32.1. The Bertz CT molecular complexity index is 564. The molecule has 114 valence electrons. The molecule has 0 spiro atoms. The number of nitrogens with zero attached hydrogens (tertiary/aromatic N) is 5. The summed E-state index contributed by atoms with van der Waals surface area (Å²) in [7, 11) is 1.94. The lowest BCUT2D eigenvalue weighted by Crippen LogP contribution is -2.20. The van der Waals surface area contributed by atoms with Gasteiger partial charge in [-0.25, -0.2) is 4.98 Å². The van der Waals surface area contributed by atoms with Crippen molar-refractivity contribution in [1.82, 2.24) is 19.9 Å². The van der Waals surface area contributed by atoms with Crippen LogP contribution in [0.1, 0.15) is 24.4 Å². The van der Waals surface area contributed by atoms with Gasteiger partial charge in [-0.1, -0.05) is 0 Å². The molecular weight excluding hydrogens is 288 g/mol. The molecule has 0 amide bonds. The molecule has 0 fully saturated rings. The zero-order chi connectivity index (χ0) is 15.2. The van der Waals surface area contributed by atoms with Gasteiger partial charge >= 0.3 is 6.01 Å². The highest BCUT2D eigenvalue weighted by molar-refractivity contribution is 7.09. The van der Waals surface area contributed by atoms with Crippen LogP contribution in [0.4, 0.5) is 11.9 Å². The smallest absolute Gasteiger partial charge is 0.323 e. The van der Waals surface area contributed by atoms with E-state index in [0.29, 0.717) is 31.1 Å². The molecule has 0 aliphatic rings. The third kappa shape index (κ3) is 4.01. The molecule has 7 nitrogen and oxygen atoms in total. The fourth-order valence-corrected chi connectivity index (χ4v) is 2.54. The first-order valence-electron chi connectivity index (χ1n) is 6.86. The molecule has 0 aliphatic heterocycles. The van der Waals surface area contributed by atoms with E-state index in [1.165, 1.54) is 4.88 Å². The molecule has 8 heteroatoms. The summed E-state index contributed by atoms with van der Waals surface area (Å²) in [4.78, 5) is 20.4. The normalized spacial score (nSPS) is 10.5. The quantitative estimate of drug-likeness (QED) is 0.839. The Morgan fingerprint density at radius 3 is 2.71 bits per heavy atom. The van der Waals surface area contributed by atoms with Gasteiger partial charge < -0.3 is 15.0 Å². The number of nitrogens with one attached hydrogen (secondary N) is 1. The molecule has 0 saturated heterocycles. The number of aromatic nitrogens is 4. The average Bonchev–Trinajstić information content (AvgIpc) is 2.85. The van der Waals surface area contributed by atoms with Gasteiger partial charge in [0, 0.05) is 18.5 Å². The predicted molar refractivity (Wildman–Crippen MR) is 84.1 cm³/mol. The molecule has 1 N–H and O–H groups in total. The van der Waals surface area contributed by atoms with Crippen LogP contribution < -0.4 is 15.0 Å². The maximum absolute atomic E-state index is 5.40. The van der Waals surface area contributed by atoms with Gasteiger partial charge in [0.15, 0.2) is 0 Å². The Balaban J connectivity index is 2.22. The van der Waals surface area contributed by atoms with Gasteiger partial charge in [0.25, 0.3) is 0 Å². The van der Waals surface area contributed by atoms with Crippen LogP contribution in [0, 0.1) is 6.92 Å². The minimum Gasteiger partial charge on any atom is -0.464 e. The van der Waals surface area contributed by atoms with Crippen molar-refractivity contribution in [2.24, 2.45) is 0 Å². The third-order valence-electron chi connectivity index (χ3n) is 2.78. The van der Waals surface area contributed by atoms with Crippen molar-refractivity contribution in [3.05, 3.63) is 16.1 Å². The minimum atomic E-state index is 0.339. The summed E-state index contributed by atoms with van der Waals surface area (Å²) in [5.74, 6) is 1.11. The molecule has 0 saturated carbocycles. The molecule has 2 aromatic heterocycles. The van der Waals surface area contributed by atoms with E-state index in [1.807, 2.05) is 38.2 Å². The van der Waals surface area contributed by atoms with Gasteiger partial charge in [0.05, 0.1) is 24.4 Å². The second-order valence-electron chi connectivity index (χ2n) is 4.42. The van der Waals surface area contributed by atoms with Crippen LogP contribution in [-0.4, -0.2) is 40.1 Å². The molecule has 0 aliphatic carbocycles. The van der Waals surface area contributed by atoms with Crippen LogP contribution in [-0.2, 0) is 6.54 Å². The van der Waals surface area contributed by atoms with E-state index >= 15 is 0 Å². The topological polar surface area (TPSA) is 76.1 Å². The van der Waals surface area contributed by atoms with Crippen LogP contribution in [0.2, 0.25) is 0 Å². The summed E-state index contributed by atoms with van der Waals surface area (Å²) >= 11 is 1.63. The van der Waals surface area contributed by atoms with Crippen molar-refractivity contribution in [2.75, 3.05) is 30.4 Å². The first-order chi connectivity index (χ1) is 10.1. The van der Waals surface area contributed by atoms with Gasteiger partial charge in [0.2, 0.25) is 11.9 Å². The second-order valence-corrected chi connectivity index (χ2v) is 5.36. The van der Waals surface area contributed by atoms with Crippen molar-refractivity contribution >= 4 is 23.2 Å². The summed E-state index contributed by atoms with van der Waals surface area (Å²) in [5.41, 5.74) is 2.89. The molecule has 0 radical (unpaired) electrons. The summed E-state index contributed by atoms with van der Waals surface area (Å²) in [5, 5.41) is 3.09. The molecular formula is C13H20N6OS. The van der Waals surface area contributed by atoms with E-state index in [9.17, 15) is 0 Å². The fraction of sp³-hybridized carbons (Fsp3) is 0.538. The largest absolute Gasteiger partial charge is 0.464 e. The van der Waals surface area contributed by atoms with Crippen LogP contribution in [0.25, 0.3) is 0 Å². The molecule has 21 heavy (non-hydrogen) atoms. The maximum atomic E-state index is 5.40. The minimum absolute atomic E-state index is 0.339. The average molecular weight is 308 g/mol. The molecule has 2 aromatic rings. The SMILES string of the molecule is CCNc1nc(OCC)nc(N(C)Cc2scnc2C)n1. The van der Waals surface area contributed by atoms with Crippen molar-refractivity contribution in [2.45, 2.75) is 27.3 Å². The van der Waals surface area contributed by atoms with E-state index in [0.717, 1.165) is 12.2 Å². The highest BCUT2D eigenvalue weighted by Gasteiger charge is 2.13. The van der Waals surface area contributed by atoms with Gasteiger partial charge in [-0.2, -0.15) is 15.0 Å². The summed E-state index contributed by atoms with van der Waals surface area (Å²) < 4.78 is 5.40. The van der Waals surface area contributed by atoms with Crippen molar-refractivity contribution in [1.29, 1.82) is 0 Å². The van der Waals surface area contributed by atoms with Gasteiger partial charge in [-0.3, -0.25) is 0 Å². The van der Waals surface area contributed by atoms with E-state index in [2.05, 4.69) is 25.3 Å². The summed E-state index contributed by atoms with van der Waals surface area (Å²) in [6.45, 7) is 7.87. The molecule has 2 heterocycles. The standard InChI is InChI=1S/C13H20N6OS/c1-5-14-11-16-12(18-13(17-11)20-6-2)19(4)7-10-9(3)15-8-21-10/h8H,5-7H2,1-4H3,(H,14,16,17,18). The summed E-state index contributed by atoms with van der Waals surface area (Å²) in [6, 6.07) is 0.339. The van der Waals surface area contributed by atoms with E-state index in [-0.39, 0.29) is 0 Å². The van der Waals surface area contributed by atoms with E-state index in [1.54, 1.807) is 11.3 Å². The molecule has 2 rings (SSSR count). The maximum Gasteiger partial charge on any atom is 0.323 e. The summed E-state index contributed by atoms with van der Waals surface area (Å²) in [6.07, 6.45) is 0. The number of ether oxygens (including phenoxy) is 1. The lowest BCUT2D eigenvalue weighted by Gasteiger charge is -2.17. The Hall–Kier alpha value is -1.96. The lowest BCUT2D eigenvalue weighted by atomic mass is 10.4. The zero-order valence-corrected chi connectivity index (χ0v) is 13.6. The van der Waals surface area contributed by atoms with Crippen LogP contribution in [0.5, 0.6) is 6.01 Å². The Labute approximate surface area is 128 Å². The Morgan fingerprint density at radius 2 is 2.10 bits per heavy atom. The van der Waals surface area contributed by atoms with Crippen LogP contribution in [0.3, 0.4) is 0 Å². The molecule has 0 atom stereocenters. The number of aryl methyl sites for hydroxylation is 1. The fourth-order valence-electron chi connectivity index (χ4n) is 1.71. The number of anilines is 2. The first-order valence-corrected chi connectivity index (χ1v) is 7.74. The lowest BCUT2D eigenvalue weighted by molar-refractivity contribution is 0.312. The highest BCUT2D eigenvalue weighted by Crippen LogP contribution is 2.19. The van der Waals surface area contributed by atoms with E-state index < -0.39 is 0 Å².